The van der Waals surface area contributed by atoms with Crippen molar-refractivity contribution in [1.29, 1.82) is 0 Å². The maximum Gasteiger partial charge on any atom is 0.338 e. The van der Waals surface area contributed by atoms with E-state index in [9.17, 15) is 14.7 Å². The number of pyridine rings is 1. The number of carbonyl (C=O) groups is 1. The number of hydrogen-bond donors (Lipinski definition) is 1. The van der Waals surface area contributed by atoms with E-state index in [-0.39, 0.29) is 17.9 Å². The van der Waals surface area contributed by atoms with Crippen LogP contribution in [-0.4, -0.2) is 20.5 Å². The number of aromatic nitrogens is 2. The Kier molecular flexibility index (Phi) is 4.60. The first-order chi connectivity index (χ1) is 13.6. The number of carbonyl (C=O) groups excluding carboxylic acids is 1. The van der Waals surface area contributed by atoms with E-state index in [1.165, 1.54) is 10.5 Å². The van der Waals surface area contributed by atoms with Crippen molar-refractivity contribution in [2.45, 2.75) is 6.61 Å². The molecule has 0 atom stereocenters. The summed E-state index contributed by atoms with van der Waals surface area (Å²) in [6.45, 7) is -0.0841. The molecule has 0 saturated carbocycles. The van der Waals surface area contributed by atoms with Crippen molar-refractivity contribution in [3.63, 3.8) is 0 Å². The minimum atomic E-state index is -0.493. The van der Waals surface area contributed by atoms with Crippen LogP contribution in [0.15, 0.2) is 83.8 Å². The van der Waals surface area contributed by atoms with E-state index in [0.29, 0.717) is 16.9 Å². The van der Waals surface area contributed by atoms with Crippen LogP contribution in [0.5, 0.6) is 5.75 Å². The molecule has 0 radical (unpaired) electrons. The number of hydrogen-bond acceptors (Lipinski definition) is 5. The summed E-state index contributed by atoms with van der Waals surface area (Å²) in [5.74, 6) is -0.293. The summed E-state index contributed by atoms with van der Waals surface area (Å²) in [7, 11) is 0. The van der Waals surface area contributed by atoms with Crippen LogP contribution in [0.4, 0.5) is 0 Å². The van der Waals surface area contributed by atoms with Gasteiger partial charge in [-0.1, -0.05) is 30.3 Å². The normalized spacial score (nSPS) is 10.7. The highest BCUT2D eigenvalue weighted by molar-refractivity contribution is 5.90. The zero-order valence-electron chi connectivity index (χ0n) is 14.8. The van der Waals surface area contributed by atoms with E-state index in [1.807, 2.05) is 12.1 Å². The fourth-order valence-electron chi connectivity index (χ4n) is 2.85. The first kappa shape index (κ1) is 17.5. The van der Waals surface area contributed by atoms with Crippen LogP contribution in [0.3, 0.4) is 0 Å². The molecule has 2 aromatic heterocycles. The fraction of sp³-hybridized carbons (Fsp3) is 0.0455. The minimum absolute atomic E-state index is 0.0841. The van der Waals surface area contributed by atoms with E-state index >= 15 is 0 Å². The van der Waals surface area contributed by atoms with Crippen LogP contribution in [0.1, 0.15) is 16.1 Å². The highest BCUT2D eigenvalue weighted by Gasteiger charge is 2.10. The molecule has 4 aromatic rings. The molecule has 4 rings (SSSR count). The van der Waals surface area contributed by atoms with Crippen molar-refractivity contribution in [1.82, 2.24) is 9.38 Å². The number of ether oxygens (including phenoxy) is 1. The second-order valence-electron chi connectivity index (χ2n) is 6.21. The number of benzene rings is 2. The Balaban J connectivity index is 1.47. The van der Waals surface area contributed by atoms with Crippen molar-refractivity contribution < 1.29 is 14.6 Å². The number of phenols is 1. The summed E-state index contributed by atoms with van der Waals surface area (Å²) in [6, 6.07) is 20.4. The maximum atomic E-state index is 12.3. The Hall–Kier alpha value is -3.93. The Morgan fingerprint density at radius 3 is 2.36 bits per heavy atom. The highest BCUT2D eigenvalue weighted by Crippen LogP contribution is 2.22. The summed E-state index contributed by atoms with van der Waals surface area (Å²) in [5.41, 5.74) is 2.92. The molecule has 6 nitrogen and oxygen atoms in total. The smallest absolute Gasteiger partial charge is 0.338 e. The summed E-state index contributed by atoms with van der Waals surface area (Å²) in [5, 5.41) is 9.36. The Bertz CT molecular complexity index is 1200. The number of fused-ring (bicyclic) bond motifs is 1. The molecule has 0 unspecified atom stereocenters. The number of esters is 1. The lowest BCUT2D eigenvalue weighted by Crippen LogP contribution is -2.16. The molecule has 0 saturated heterocycles. The summed E-state index contributed by atoms with van der Waals surface area (Å²) in [6.07, 6.45) is 1.64. The summed E-state index contributed by atoms with van der Waals surface area (Å²) in [4.78, 5) is 28.7. The molecule has 0 fully saturated rings. The molecule has 0 aliphatic rings. The van der Waals surface area contributed by atoms with Crippen LogP contribution >= 0.6 is 0 Å². The van der Waals surface area contributed by atoms with E-state index < -0.39 is 5.97 Å². The predicted molar refractivity (Wildman–Crippen MR) is 104 cm³/mol. The molecule has 0 aliphatic carbocycles. The van der Waals surface area contributed by atoms with Crippen LogP contribution in [0.2, 0.25) is 0 Å². The van der Waals surface area contributed by atoms with Gasteiger partial charge >= 0.3 is 5.97 Å². The molecular weight excluding hydrogens is 356 g/mol. The van der Waals surface area contributed by atoms with Gasteiger partial charge in [0.15, 0.2) is 0 Å². The topological polar surface area (TPSA) is 80.9 Å². The largest absolute Gasteiger partial charge is 0.508 e. The van der Waals surface area contributed by atoms with Gasteiger partial charge in [-0.25, -0.2) is 9.78 Å². The summed E-state index contributed by atoms with van der Waals surface area (Å²) >= 11 is 0. The van der Waals surface area contributed by atoms with Gasteiger partial charge in [-0.2, -0.15) is 0 Å². The first-order valence-corrected chi connectivity index (χ1v) is 8.64. The molecular formula is C22H16N2O4. The Morgan fingerprint density at radius 2 is 1.64 bits per heavy atom. The lowest BCUT2D eigenvalue weighted by atomic mass is 10.0. The van der Waals surface area contributed by atoms with Crippen molar-refractivity contribution in [2.24, 2.45) is 0 Å². The van der Waals surface area contributed by atoms with E-state index in [1.54, 1.807) is 60.8 Å². The molecule has 28 heavy (non-hydrogen) atoms. The lowest BCUT2D eigenvalue weighted by molar-refractivity contribution is 0.0467. The first-order valence-electron chi connectivity index (χ1n) is 8.64. The van der Waals surface area contributed by atoms with Gasteiger partial charge in [0.25, 0.3) is 5.56 Å². The number of phenolic OH excluding ortho intramolecular Hbond substituents is 1. The van der Waals surface area contributed by atoms with Gasteiger partial charge in [0.2, 0.25) is 0 Å². The third-order valence-electron chi connectivity index (χ3n) is 4.30. The predicted octanol–water partition coefficient (Wildman–Crippen LogP) is 3.42. The highest BCUT2D eigenvalue weighted by atomic mass is 16.5. The van der Waals surface area contributed by atoms with Gasteiger partial charge in [-0.3, -0.25) is 9.20 Å². The van der Waals surface area contributed by atoms with Crippen LogP contribution < -0.4 is 5.56 Å². The van der Waals surface area contributed by atoms with E-state index in [4.69, 9.17) is 4.74 Å². The lowest BCUT2D eigenvalue weighted by Gasteiger charge is -2.07. The average Bonchev–Trinajstić information content (AvgIpc) is 2.73. The molecule has 138 valence electrons. The number of nitrogens with zero attached hydrogens (tertiary/aromatic N) is 2. The number of aromatic hydroxyl groups is 1. The number of rotatable bonds is 4. The van der Waals surface area contributed by atoms with Gasteiger partial charge in [-0.15, -0.1) is 0 Å². The molecule has 0 amide bonds. The fourth-order valence-corrected chi connectivity index (χ4v) is 2.85. The van der Waals surface area contributed by atoms with Crippen molar-refractivity contribution in [3.8, 4) is 16.9 Å². The Morgan fingerprint density at radius 1 is 0.964 bits per heavy atom. The van der Waals surface area contributed by atoms with Gasteiger partial charge in [0.1, 0.15) is 18.0 Å². The van der Waals surface area contributed by atoms with Gasteiger partial charge in [0.05, 0.1) is 11.3 Å². The zero-order valence-corrected chi connectivity index (χ0v) is 14.8. The third kappa shape index (κ3) is 3.61. The molecule has 1 N–H and O–H groups in total. The van der Waals surface area contributed by atoms with Gasteiger partial charge < -0.3 is 9.84 Å². The average molecular weight is 372 g/mol. The molecule has 2 aromatic carbocycles. The third-order valence-corrected chi connectivity index (χ3v) is 4.30. The van der Waals surface area contributed by atoms with Crippen molar-refractivity contribution in [3.05, 3.63) is 101 Å². The van der Waals surface area contributed by atoms with Crippen LogP contribution in [0.25, 0.3) is 16.8 Å². The van der Waals surface area contributed by atoms with Crippen LogP contribution in [-0.2, 0) is 11.3 Å². The standard InChI is InChI=1S/C22H16N2O4/c25-19-10-8-16(9-11-19)15-4-6-17(7-5-15)22(27)28-14-18-13-21(26)24-12-2-1-3-20(24)23-18/h1-13,25H,14H2. The van der Waals surface area contributed by atoms with Gasteiger partial charge in [-0.05, 0) is 47.5 Å². The quantitative estimate of drug-likeness (QED) is 0.555. The molecule has 2 heterocycles. The molecule has 6 heteroatoms. The molecule has 0 spiro atoms. The van der Waals surface area contributed by atoms with Gasteiger partial charge in [0, 0.05) is 12.3 Å². The Labute approximate surface area is 160 Å². The van der Waals surface area contributed by atoms with Crippen molar-refractivity contribution in [2.75, 3.05) is 0 Å². The molecule has 0 bridgehead atoms. The van der Waals surface area contributed by atoms with E-state index in [0.717, 1.165) is 11.1 Å². The van der Waals surface area contributed by atoms with Crippen LogP contribution in [0, 0.1) is 0 Å². The maximum absolute atomic E-state index is 12.3. The summed E-state index contributed by atoms with van der Waals surface area (Å²) < 4.78 is 6.72. The minimum Gasteiger partial charge on any atom is -0.508 e. The van der Waals surface area contributed by atoms with Crippen molar-refractivity contribution >= 4 is 11.6 Å². The second-order valence-corrected chi connectivity index (χ2v) is 6.21. The second kappa shape index (κ2) is 7.36. The zero-order chi connectivity index (χ0) is 19.5. The monoisotopic (exact) mass is 372 g/mol. The van der Waals surface area contributed by atoms with E-state index in [2.05, 4.69) is 4.98 Å². The molecule has 0 aliphatic heterocycles. The SMILES string of the molecule is O=C(OCc1cc(=O)n2ccccc2n1)c1ccc(-c2ccc(O)cc2)cc1.